The van der Waals surface area contributed by atoms with Crippen LogP contribution in [-0.4, -0.2) is 41.5 Å². The third-order valence-electron chi connectivity index (χ3n) is 2.46. The van der Waals surface area contributed by atoms with Crippen LogP contribution in [-0.2, 0) is 11.2 Å². The molecular weight excluding hydrogens is 206 g/mol. The number of hydrogen-bond donors (Lipinski definition) is 0. The number of ketones is 1. The molecule has 1 rings (SSSR count). The Balaban J connectivity index is 2.66. The molecular formula is C11H19N3O2. The number of aromatic nitrogens is 2. The smallest absolute Gasteiger partial charge is 0.237 e. The van der Waals surface area contributed by atoms with E-state index in [9.17, 15) is 4.79 Å². The van der Waals surface area contributed by atoms with Crippen LogP contribution in [0.2, 0.25) is 0 Å². The fraction of sp³-hybridized carbons (Fsp3) is 0.727. The lowest BCUT2D eigenvalue weighted by molar-refractivity contribution is -0.119. The van der Waals surface area contributed by atoms with Gasteiger partial charge in [0, 0.05) is 13.0 Å². The van der Waals surface area contributed by atoms with Gasteiger partial charge in [0.2, 0.25) is 5.89 Å². The Bertz CT molecular complexity index is 347. The van der Waals surface area contributed by atoms with Crippen LogP contribution in [0, 0.1) is 0 Å². The first-order valence-corrected chi connectivity index (χ1v) is 5.52. The zero-order valence-electron chi connectivity index (χ0n) is 10.4. The Kier molecular flexibility index (Phi) is 4.61. The topological polar surface area (TPSA) is 59.2 Å². The Labute approximate surface area is 95.8 Å². The highest BCUT2D eigenvalue weighted by atomic mass is 16.5. The predicted molar refractivity (Wildman–Crippen MR) is 60.3 cm³/mol. The zero-order chi connectivity index (χ0) is 12.1. The second-order valence-corrected chi connectivity index (χ2v) is 4.17. The lowest BCUT2D eigenvalue weighted by atomic mass is 10.0. The van der Waals surface area contributed by atoms with Crippen molar-refractivity contribution < 1.29 is 9.32 Å². The molecule has 1 aromatic heterocycles. The molecule has 0 radical (unpaired) electrons. The number of rotatable bonds is 6. The first-order chi connectivity index (χ1) is 7.54. The third-order valence-corrected chi connectivity index (χ3v) is 2.46. The quantitative estimate of drug-likeness (QED) is 0.729. The van der Waals surface area contributed by atoms with Crippen LogP contribution in [0.25, 0.3) is 0 Å². The average molecular weight is 225 g/mol. The molecule has 0 spiro atoms. The molecule has 5 nitrogen and oxygen atoms in total. The van der Waals surface area contributed by atoms with Crippen molar-refractivity contribution in [2.75, 3.05) is 20.6 Å². The summed E-state index contributed by atoms with van der Waals surface area (Å²) in [5.74, 6) is 0.943. The standard InChI is InChI=1S/C11H19N3O2/c1-5-9(8(2)15)11-12-10(13-16-11)6-7-14(3)4/h9H,5-7H2,1-4H3. The summed E-state index contributed by atoms with van der Waals surface area (Å²) in [6.07, 6.45) is 1.44. The highest BCUT2D eigenvalue weighted by Crippen LogP contribution is 2.18. The van der Waals surface area contributed by atoms with Crippen LogP contribution in [0.3, 0.4) is 0 Å². The fourth-order valence-electron chi connectivity index (χ4n) is 1.47. The Morgan fingerprint density at radius 2 is 2.19 bits per heavy atom. The van der Waals surface area contributed by atoms with Gasteiger partial charge in [-0.3, -0.25) is 4.79 Å². The third kappa shape index (κ3) is 3.41. The summed E-state index contributed by atoms with van der Waals surface area (Å²) in [7, 11) is 3.98. The molecule has 0 saturated heterocycles. The van der Waals surface area contributed by atoms with Gasteiger partial charge in [-0.15, -0.1) is 0 Å². The summed E-state index contributed by atoms with van der Waals surface area (Å²) in [6.45, 7) is 4.36. The molecule has 0 N–H and O–H groups in total. The second-order valence-electron chi connectivity index (χ2n) is 4.17. The van der Waals surface area contributed by atoms with E-state index in [-0.39, 0.29) is 11.7 Å². The lowest BCUT2D eigenvalue weighted by Crippen LogP contribution is -2.15. The number of Topliss-reactive ketones (excluding diaryl/α,β-unsaturated/α-hetero) is 1. The molecule has 1 aromatic rings. The van der Waals surface area contributed by atoms with Crippen LogP contribution in [0.5, 0.6) is 0 Å². The van der Waals surface area contributed by atoms with Gasteiger partial charge in [-0.1, -0.05) is 12.1 Å². The van der Waals surface area contributed by atoms with Gasteiger partial charge in [0.1, 0.15) is 5.78 Å². The van der Waals surface area contributed by atoms with E-state index in [1.165, 1.54) is 0 Å². The number of likely N-dealkylation sites (N-methyl/N-ethyl adjacent to an activating group) is 1. The molecule has 0 aliphatic heterocycles. The van der Waals surface area contributed by atoms with Crippen molar-refractivity contribution in [3.05, 3.63) is 11.7 Å². The number of nitrogens with zero attached hydrogens (tertiary/aromatic N) is 3. The van der Waals surface area contributed by atoms with E-state index >= 15 is 0 Å². The molecule has 0 aliphatic rings. The van der Waals surface area contributed by atoms with Gasteiger partial charge in [-0.25, -0.2) is 0 Å². The normalized spacial score (nSPS) is 13.1. The molecule has 0 aromatic carbocycles. The Hall–Kier alpha value is -1.23. The highest BCUT2D eigenvalue weighted by Gasteiger charge is 2.21. The minimum Gasteiger partial charge on any atom is -0.339 e. The van der Waals surface area contributed by atoms with Gasteiger partial charge in [-0.2, -0.15) is 4.98 Å². The second kappa shape index (κ2) is 5.75. The van der Waals surface area contributed by atoms with E-state index in [1.807, 2.05) is 21.0 Å². The summed E-state index contributed by atoms with van der Waals surface area (Å²) >= 11 is 0. The van der Waals surface area contributed by atoms with Gasteiger partial charge in [0.05, 0.1) is 5.92 Å². The molecule has 5 heteroatoms. The van der Waals surface area contributed by atoms with Crippen molar-refractivity contribution >= 4 is 5.78 Å². The fourth-order valence-corrected chi connectivity index (χ4v) is 1.47. The van der Waals surface area contributed by atoms with E-state index in [2.05, 4.69) is 15.0 Å². The molecule has 16 heavy (non-hydrogen) atoms. The summed E-state index contributed by atoms with van der Waals surface area (Å²) in [5, 5.41) is 3.87. The summed E-state index contributed by atoms with van der Waals surface area (Å²) in [4.78, 5) is 17.6. The molecule has 0 saturated carbocycles. The number of carbonyl (C=O) groups excluding carboxylic acids is 1. The monoisotopic (exact) mass is 225 g/mol. The molecule has 0 aliphatic carbocycles. The van der Waals surface area contributed by atoms with Crippen LogP contribution in [0.1, 0.15) is 37.9 Å². The van der Waals surface area contributed by atoms with Gasteiger partial charge < -0.3 is 9.42 Å². The van der Waals surface area contributed by atoms with E-state index in [0.29, 0.717) is 18.1 Å². The predicted octanol–water partition coefficient (Wildman–Crippen LogP) is 1.26. The molecule has 1 unspecified atom stereocenters. The molecule has 0 bridgehead atoms. The van der Waals surface area contributed by atoms with Gasteiger partial charge in [0.15, 0.2) is 5.82 Å². The van der Waals surface area contributed by atoms with Crippen molar-refractivity contribution in [3.63, 3.8) is 0 Å². The highest BCUT2D eigenvalue weighted by molar-refractivity contribution is 5.82. The maximum absolute atomic E-state index is 11.3. The molecule has 0 fully saturated rings. The van der Waals surface area contributed by atoms with Crippen molar-refractivity contribution in [3.8, 4) is 0 Å². The van der Waals surface area contributed by atoms with E-state index in [0.717, 1.165) is 13.0 Å². The zero-order valence-corrected chi connectivity index (χ0v) is 10.4. The summed E-state index contributed by atoms with van der Waals surface area (Å²) in [6, 6.07) is 0. The average Bonchev–Trinajstić information content (AvgIpc) is 2.64. The molecule has 1 atom stereocenters. The molecule has 1 heterocycles. The number of carbonyl (C=O) groups is 1. The Morgan fingerprint density at radius 1 is 1.50 bits per heavy atom. The van der Waals surface area contributed by atoms with Gasteiger partial charge in [-0.05, 0) is 27.4 Å². The van der Waals surface area contributed by atoms with Crippen LogP contribution < -0.4 is 0 Å². The van der Waals surface area contributed by atoms with Gasteiger partial charge in [0.25, 0.3) is 0 Å². The summed E-state index contributed by atoms with van der Waals surface area (Å²) < 4.78 is 5.11. The molecule has 90 valence electrons. The van der Waals surface area contributed by atoms with Crippen LogP contribution in [0.4, 0.5) is 0 Å². The minimum absolute atomic E-state index is 0.0744. The Morgan fingerprint density at radius 3 is 2.69 bits per heavy atom. The van der Waals surface area contributed by atoms with E-state index in [4.69, 9.17) is 4.52 Å². The van der Waals surface area contributed by atoms with Gasteiger partial charge >= 0.3 is 0 Å². The summed E-state index contributed by atoms with van der Waals surface area (Å²) in [5.41, 5.74) is 0. The lowest BCUT2D eigenvalue weighted by Gasteiger charge is -2.05. The van der Waals surface area contributed by atoms with Crippen molar-refractivity contribution in [1.29, 1.82) is 0 Å². The first-order valence-electron chi connectivity index (χ1n) is 5.52. The van der Waals surface area contributed by atoms with Crippen LogP contribution in [0.15, 0.2) is 4.52 Å². The van der Waals surface area contributed by atoms with Crippen molar-refractivity contribution in [1.82, 2.24) is 15.0 Å². The molecule has 0 amide bonds. The minimum atomic E-state index is -0.249. The first kappa shape index (κ1) is 12.8. The van der Waals surface area contributed by atoms with Crippen LogP contribution >= 0.6 is 0 Å². The SMILES string of the molecule is CCC(C(C)=O)c1nc(CCN(C)C)no1. The maximum atomic E-state index is 11.3. The van der Waals surface area contributed by atoms with Crippen molar-refractivity contribution in [2.24, 2.45) is 0 Å². The largest absolute Gasteiger partial charge is 0.339 e. The van der Waals surface area contributed by atoms with E-state index in [1.54, 1.807) is 6.92 Å². The number of hydrogen-bond acceptors (Lipinski definition) is 5. The maximum Gasteiger partial charge on any atom is 0.237 e. The van der Waals surface area contributed by atoms with Crippen molar-refractivity contribution in [2.45, 2.75) is 32.6 Å². The van der Waals surface area contributed by atoms with E-state index < -0.39 is 0 Å².